The summed E-state index contributed by atoms with van der Waals surface area (Å²) < 4.78 is 5.10. The van der Waals surface area contributed by atoms with Gasteiger partial charge in [-0.2, -0.15) is 0 Å². The third-order valence-electron chi connectivity index (χ3n) is 3.94. The monoisotopic (exact) mass is 326 g/mol. The highest BCUT2D eigenvalue weighted by atomic mass is 16.6. The Balaban J connectivity index is 3.24. The summed E-state index contributed by atoms with van der Waals surface area (Å²) in [6.45, 7) is 0.272. The molecular weight excluding hydrogens is 304 g/mol. The van der Waals surface area contributed by atoms with Crippen LogP contribution in [0.3, 0.4) is 0 Å². The Morgan fingerprint density at radius 3 is 2.14 bits per heavy atom. The maximum Gasteiger partial charge on any atom is 0.154 e. The minimum Gasteiger partial charge on any atom is -0.394 e. The molecule has 0 spiro atoms. The van der Waals surface area contributed by atoms with Gasteiger partial charge in [-0.05, 0) is 6.92 Å². The van der Waals surface area contributed by atoms with Crippen molar-refractivity contribution < 1.29 is 50.4 Å². The first-order valence-electron chi connectivity index (χ1n) is 6.65. The van der Waals surface area contributed by atoms with Gasteiger partial charge >= 0.3 is 0 Å². The van der Waals surface area contributed by atoms with Crippen molar-refractivity contribution in [1.29, 1.82) is 0 Å². The molecule has 9 atom stereocenters. The fourth-order valence-corrected chi connectivity index (χ4v) is 2.46. The maximum atomic E-state index is 10.8. The van der Waals surface area contributed by atoms with E-state index in [1.165, 1.54) is 6.92 Å². The molecule has 0 aromatic carbocycles. The number of aldehydes is 1. The van der Waals surface area contributed by atoms with Gasteiger partial charge in [0.25, 0.3) is 0 Å². The van der Waals surface area contributed by atoms with Crippen molar-refractivity contribution in [3.8, 4) is 0 Å². The van der Waals surface area contributed by atoms with Crippen molar-refractivity contribution in [2.24, 2.45) is 0 Å². The molecule has 10 heteroatoms. The molecule has 22 heavy (non-hydrogen) atoms. The smallest absolute Gasteiger partial charge is 0.154 e. The minimum absolute atomic E-state index is 0.161. The first-order valence-corrected chi connectivity index (χ1v) is 6.65. The lowest BCUT2D eigenvalue weighted by atomic mass is 9.76. The van der Waals surface area contributed by atoms with Crippen molar-refractivity contribution in [1.82, 2.24) is 0 Å². The van der Waals surface area contributed by atoms with E-state index in [9.17, 15) is 40.5 Å². The first-order chi connectivity index (χ1) is 10.1. The highest BCUT2D eigenvalue weighted by Gasteiger charge is 2.59. The molecule has 8 N–H and O–H groups in total. The number of hydrogen-bond donors (Lipinski definition) is 8. The van der Waals surface area contributed by atoms with E-state index in [4.69, 9.17) is 9.84 Å². The van der Waals surface area contributed by atoms with E-state index in [-0.39, 0.29) is 6.29 Å². The van der Waals surface area contributed by atoms with E-state index in [2.05, 4.69) is 0 Å². The average molecular weight is 326 g/mol. The molecule has 0 bridgehead atoms. The van der Waals surface area contributed by atoms with Gasteiger partial charge in [0.1, 0.15) is 42.7 Å². The summed E-state index contributed by atoms with van der Waals surface area (Å²) in [5, 5.41) is 77.7. The second-order valence-corrected chi connectivity index (χ2v) is 5.40. The van der Waals surface area contributed by atoms with Gasteiger partial charge in [-0.3, -0.25) is 0 Å². The van der Waals surface area contributed by atoms with Crippen LogP contribution in [0, 0.1) is 0 Å². The van der Waals surface area contributed by atoms with Crippen LogP contribution in [-0.2, 0) is 9.53 Å². The van der Waals surface area contributed by atoms with Gasteiger partial charge < -0.3 is 50.4 Å². The number of carbonyl (C=O) groups is 1. The molecule has 0 saturated carbocycles. The van der Waals surface area contributed by atoms with Crippen LogP contribution in [-0.4, -0.2) is 108 Å². The number of hydrogen-bond acceptors (Lipinski definition) is 10. The van der Waals surface area contributed by atoms with E-state index in [1.54, 1.807) is 0 Å². The topological polar surface area (TPSA) is 188 Å². The van der Waals surface area contributed by atoms with Crippen LogP contribution < -0.4 is 0 Å². The van der Waals surface area contributed by atoms with Crippen molar-refractivity contribution in [2.45, 2.75) is 61.4 Å². The van der Waals surface area contributed by atoms with E-state index < -0.39 is 61.0 Å². The number of aliphatic hydroxyl groups excluding tert-OH is 7. The molecule has 10 nitrogen and oxygen atoms in total. The number of aliphatic hydroxyl groups is 8. The molecule has 1 aliphatic rings. The third-order valence-corrected chi connectivity index (χ3v) is 3.94. The van der Waals surface area contributed by atoms with Crippen LogP contribution in [0.4, 0.5) is 0 Å². The molecule has 0 amide bonds. The highest BCUT2D eigenvalue weighted by molar-refractivity contribution is 5.59. The quantitative estimate of drug-likeness (QED) is 0.219. The van der Waals surface area contributed by atoms with Crippen LogP contribution in [0.1, 0.15) is 6.92 Å². The lowest BCUT2D eigenvalue weighted by molar-refractivity contribution is -0.300. The van der Waals surface area contributed by atoms with Crippen LogP contribution in [0.2, 0.25) is 0 Å². The average Bonchev–Trinajstić information content (AvgIpc) is 2.52. The predicted octanol–water partition coefficient (Wildman–Crippen LogP) is -5.14. The fourth-order valence-electron chi connectivity index (χ4n) is 2.46. The normalized spacial score (nSPS) is 39.6. The maximum absolute atomic E-state index is 10.8. The standard InChI is InChI=1S/C12H22O10/c1-4-7(17)8(18)9(19)11(22-4)12(21,6(16)3-14)10(20)5(15)2-13/h3-11,13,15-21H,2H2,1H3/t4-,5+,6-,7+,8+,9-,10-,11?,12+/m0/s1. The van der Waals surface area contributed by atoms with Gasteiger partial charge in [0.05, 0.1) is 12.7 Å². The molecule has 0 aromatic heterocycles. The zero-order valence-electron chi connectivity index (χ0n) is 11.8. The molecule has 1 aliphatic heterocycles. The second-order valence-electron chi connectivity index (χ2n) is 5.40. The molecule has 1 heterocycles. The zero-order chi connectivity index (χ0) is 17.2. The summed E-state index contributed by atoms with van der Waals surface area (Å²) >= 11 is 0. The highest BCUT2D eigenvalue weighted by Crippen LogP contribution is 2.33. The van der Waals surface area contributed by atoms with Gasteiger partial charge in [-0.15, -0.1) is 0 Å². The Hall–Kier alpha value is -0.690. The van der Waals surface area contributed by atoms with Gasteiger partial charge in [-0.1, -0.05) is 0 Å². The molecular formula is C12H22O10. The third kappa shape index (κ3) is 3.15. The van der Waals surface area contributed by atoms with Crippen molar-refractivity contribution in [3.05, 3.63) is 0 Å². The lowest BCUT2D eigenvalue weighted by Gasteiger charge is -2.49. The number of carbonyl (C=O) groups excluding carboxylic acids is 1. The van der Waals surface area contributed by atoms with Crippen LogP contribution in [0.25, 0.3) is 0 Å². The summed E-state index contributed by atoms with van der Waals surface area (Å²) in [7, 11) is 0. The molecule has 130 valence electrons. The molecule has 1 rings (SSSR count). The molecule has 1 fully saturated rings. The second kappa shape index (κ2) is 7.25. The SMILES string of the molecule is C[C@@H]1OC([C@@](O)([C@@H](O)C=O)[C@@H](O)[C@H](O)CO)[C@@H](O)[C@H](O)[C@@H]1O. The molecule has 0 aliphatic carbocycles. The molecule has 1 saturated heterocycles. The number of ether oxygens (including phenoxy) is 1. The minimum atomic E-state index is -2.93. The van der Waals surface area contributed by atoms with E-state index >= 15 is 0 Å². The van der Waals surface area contributed by atoms with Crippen LogP contribution in [0.5, 0.6) is 0 Å². The largest absolute Gasteiger partial charge is 0.394 e. The first kappa shape index (κ1) is 19.4. The Bertz CT molecular complexity index is 379. The molecule has 0 radical (unpaired) electrons. The van der Waals surface area contributed by atoms with Crippen LogP contribution >= 0.6 is 0 Å². The number of rotatable bonds is 6. The summed E-state index contributed by atoms with van der Waals surface area (Å²) in [5.41, 5.74) is -2.93. The zero-order valence-corrected chi connectivity index (χ0v) is 11.8. The van der Waals surface area contributed by atoms with Gasteiger partial charge in [0.15, 0.2) is 11.9 Å². The van der Waals surface area contributed by atoms with Crippen molar-refractivity contribution in [3.63, 3.8) is 0 Å². The lowest BCUT2D eigenvalue weighted by Crippen LogP contribution is -2.72. The Morgan fingerprint density at radius 1 is 1.14 bits per heavy atom. The van der Waals surface area contributed by atoms with Crippen LogP contribution in [0.15, 0.2) is 0 Å². The van der Waals surface area contributed by atoms with E-state index in [0.717, 1.165) is 0 Å². The predicted molar refractivity (Wildman–Crippen MR) is 68.5 cm³/mol. The van der Waals surface area contributed by atoms with Crippen molar-refractivity contribution in [2.75, 3.05) is 6.61 Å². The Morgan fingerprint density at radius 2 is 1.68 bits per heavy atom. The van der Waals surface area contributed by atoms with Gasteiger partial charge in [0, 0.05) is 0 Å². The van der Waals surface area contributed by atoms with Crippen molar-refractivity contribution >= 4 is 6.29 Å². The summed E-state index contributed by atoms with van der Waals surface area (Å²) in [5.74, 6) is 0. The summed E-state index contributed by atoms with van der Waals surface area (Å²) in [6, 6.07) is 0. The Kier molecular flexibility index (Phi) is 6.38. The van der Waals surface area contributed by atoms with Gasteiger partial charge in [0.2, 0.25) is 0 Å². The fraction of sp³-hybridized carbons (Fsp3) is 0.917. The van der Waals surface area contributed by atoms with Gasteiger partial charge in [-0.25, -0.2) is 0 Å². The molecule has 1 unspecified atom stereocenters. The summed E-state index contributed by atoms with van der Waals surface area (Å²) in [6.07, 6.45) is -15.0. The Labute approximate surface area is 125 Å². The molecule has 0 aromatic rings. The van der Waals surface area contributed by atoms with E-state index in [1.807, 2.05) is 0 Å². The van der Waals surface area contributed by atoms with E-state index in [0.29, 0.717) is 0 Å². The summed E-state index contributed by atoms with van der Waals surface area (Å²) in [4.78, 5) is 10.8.